The van der Waals surface area contributed by atoms with E-state index in [1.807, 2.05) is 0 Å². The molecule has 0 atom stereocenters. The molecule has 0 saturated carbocycles. The molecule has 0 aliphatic heterocycles. The van der Waals surface area contributed by atoms with Gasteiger partial charge in [0, 0.05) is 6.07 Å². The highest BCUT2D eigenvalue weighted by Crippen LogP contribution is 2.18. The Labute approximate surface area is 118 Å². The third-order valence-corrected chi connectivity index (χ3v) is 2.99. The summed E-state index contributed by atoms with van der Waals surface area (Å²) in [7, 11) is 1.64. The van der Waals surface area contributed by atoms with Gasteiger partial charge in [0.1, 0.15) is 11.6 Å². The number of ether oxygens (including phenoxy) is 1. The largest absolute Gasteiger partial charge is 0.494 e. The monoisotopic (exact) mass is 299 g/mol. The van der Waals surface area contributed by atoms with Crippen LogP contribution in [0.15, 0.2) is 18.2 Å². The number of aryl methyl sites for hydroxylation is 1. The first kappa shape index (κ1) is 15.3. The molecule has 2 aromatic carbocycles. The van der Waals surface area contributed by atoms with Crippen molar-refractivity contribution in [3.05, 3.63) is 52.8 Å². The van der Waals surface area contributed by atoms with Crippen molar-refractivity contribution >= 4 is 18.2 Å². The van der Waals surface area contributed by atoms with Crippen molar-refractivity contribution in [2.24, 2.45) is 0 Å². The Bertz CT molecular complexity index is 702. The quantitative estimate of drug-likeness (QED) is 0.480. The van der Waals surface area contributed by atoms with E-state index in [4.69, 9.17) is 0 Å². The molecule has 2 aromatic rings. The van der Waals surface area contributed by atoms with Gasteiger partial charge in [-0.3, -0.25) is 0 Å². The smallest absolute Gasteiger partial charge is 0.207 e. The summed E-state index contributed by atoms with van der Waals surface area (Å²) in [6.07, 6.45) is 0. The van der Waals surface area contributed by atoms with Crippen LogP contribution in [0.5, 0.6) is 5.75 Å². The maximum Gasteiger partial charge on any atom is 0.207 e. The first-order chi connectivity index (χ1) is 9.86. The van der Waals surface area contributed by atoms with Crippen LogP contribution < -0.4 is 15.7 Å². The Morgan fingerprint density at radius 2 is 1.52 bits per heavy atom. The second kappa shape index (κ2) is 5.75. The molecule has 0 fully saturated rings. The molecule has 0 aliphatic rings. The lowest BCUT2D eigenvalue weighted by molar-refractivity contribution is 0.379. The first-order valence-corrected chi connectivity index (χ1v) is 5.87. The van der Waals surface area contributed by atoms with Crippen LogP contribution in [0.1, 0.15) is 5.56 Å². The summed E-state index contributed by atoms with van der Waals surface area (Å²) in [6.45, 7) is 1.37. The van der Waals surface area contributed by atoms with E-state index in [2.05, 4.69) is 4.74 Å². The van der Waals surface area contributed by atoms with Crippen LogP contribution in [-0.4, -0.2) is 14.4 Å². The van der Waals surface area contributed by atoms with E-state index in [9.17, 15) is 22.0 Å². The molecule has 7 heteroatoms. The SMILES string of the molecule is COc1cc(F)c(F)c([B]c2c(F)ccc(C)c2F)c1F. The molecular formula is C14H9BF5O. The molecule has 0 aromatic heterocycles. The summed E-state index contributed by atoms with van der Waals surface area (Å²) in [5, 5.41) is 0. The van der Waals surface area contributed by atoms with Crippen molar-refractivity contribution in [2.45, 2.75) is 6.92 Å². The lowest BCUT2D eigenvalue weighted by atomic mass is 9.62. The van der Waals surface area contributed by atoms with E-state index in [1.54, 1.807) is 0 Å². The standard InChI is InChI=1S/C14H9BF5O/c1-6-3-4-7(16)10(12(6)18)15-11-13(19)8(17)5-9(21-2)14(11)20/h3-5H,1-2H3. The fraction of sp³-hybridized carbons (Fsp3) is 0.143. The van der Waals surface area contributed by atoms with Gasteiger partial charge in [0.2, 0.25) is 7.28 Å². The van der Waals surface area contributed by atoms with Gasteiger partial charge >= 0.3 is 0 Å². The third kappa shape index (κ3) is 2.72. The zero-order chi connectivity index (χ0) is 15.7. The van der Waals surface area contributed by atoms with Gasteiger partial charge in [-0.1, -0.05) is 6.07 Å². The molecule has 21 heavy (non-hydrogen) atoms. The highest BCUT2D eigenvalue weighted by Gasteiger charge is 2.23. The number of halogens is 5. The predicted molar refractivity (Wildman–Crippen MR) is 69.0 cm³/mol. The molecule has 0 spiro atoms. The van der Waals surface area contributed by atoms with E-state index in [1.165, 1.54) is 13.0 Å². The molecule has 0 aliphatic carbocycles. The molecule has 0 bridgehead atoms. The van der Waals surface area contributed by atoms with Crippen molar-refractivity contribution < 1.29 is 26.7 Å². The normalized spacial score (nSPS) is 10.6. The van der Waals surface area contributed by atoms with Crippen LogP contribution in [0.4, 0.5) is 22.0 Å². The molecule has 0 unspecified atom stereocenters. The number of hydrogen-bond acceptors (Lipinski definition) is 1. The Kier molecular flexibility index (Phi) is 4.20. The first-order valence-electron chi connectivity index (χ1n) is 5.87. The third-order valence-electron chi connectivity index (χ3n) is 2.99. The summed E-state index contributed by atoms with van der Waals surface area (Å²) >= 11 is 0. The maximum absolute atomic E-state index is 14.0. The average Bonchev–Trinajstić information content (AvgIpc) is 2.46. The minimum Gasteiger partial charge on any atom is -0.494 e. The fourth-order valence-corrected chi connectivity index (χ4v) is 1.83. The Balaban J connectivity index is 2.60. The molecular weight excluding hydrogens is 290 g/mol. The molecule has 2 rings (SSSR count). The van der Waals surface area contributed by atoms with Crippen LogP contribution >= 0.6 is 0 Å². The number of benzene rings is 2. The highest BCUT2D eigenvalue weighted by molar-refractivity contribution is 6.67. The van der Waals surface area contributed by atoms with Crippen LogP contribution in [-0.2, 0) is 0 Å². The van der Waals surface area contributed by atoms with Gasteiger partial charge in [-0.15, -0.1) is 0 Å². The van der Waals surface area contributed by atoms with Crippen LogP contribution in [0.3, 0.4) is 0 Å². The second-order valence-electron chi connectivity index (χ2n) is 4.34. The van der Waals surface area contributed by atoms with Crippen molar-refractivity contribution in [1.82, 2.24) is 0 Å². The number of rotatable bonds is 3. The summed E-state index contributed by atoms with van der Waals surface area (Å²) in [5.74, 6) is -6.72. The topological polar surface area (TPSA) is 9.23 Å². The predicted octanol–water partition coefficient (Wildman–Crippen LogP) is 2.35. The van der Waals surface area contributed by atoms with Crippen LogP contribution in [0.25, 0.3) is 0 Å². The molecule has 0 amide bonds. The summed E-state index contributed by atoms with van der Waals surface area (Å²) in [4.78, 5) is 0. The van der Waals surface area contributed by atoms with Crippen LogP contribution in [0, 0.1) is 36.0 Å². The summed E-state index contributed by atoms with van der Waals surface area (Å²) in [6, 6.07) is 2.66. The molecule has 0 N–H and O–H groups in total. The van der Waals surface area contributed by atoms with Gasteiger partial charge < -0.3 is 4.74 Å². The zero-order valence-electron chi connectivity index (χ0n) is 11.1. The Morgan fingerprint density at radius 1 is 0.857 bits per heavy atom. The molecule has 0 saturated heterocycles. The van der Waals surface area contributed by atoms with Gasteiger partial charge in [0.05, 0.1) is 7.11 Å². The fourth-order valence-electron chi connectivity index (χ4n) is 1.83. The van der Waals surface area contributed by atoms with Crippen molar-refractivity contribution in [2.75, 3.05) is 7.11 Å². The second-order valence-corrected chi connectivity index (χ2v) is 4.34. The van der Waals surface area contributed by atoms with Crippen molar-refractivity contribution in [3.8, 4) is 5.75 Å². The lowest BCUT2D eigenvalue weighted by Crippen LogP contribution is -2.37. The van der Waals surface area contributed by atoms with Crippen LogP contribution in [0.2, 0.25) is 0 Å². The lowest BCUT2D eigenvalue weighted by Gasteiger charge is -2.11. The van der Waals surface area contributed by atoms with Gasteiger partial charge in [0.25, 0.3) is 0 Å². The van der Waals surface area contributed by atoms with Gasteiger partial charge in [-0.05, 0) is 29.5 Å². The Morgan fingerprint density at radius 3 is 2.14 bits per heavy atom. The highest BCUT2D eigenvalue weighted by atomic mass is 19.2. The van der Waals surface area contributed by atoms with Crippen molar-refractivity contribution in [3.63, 3.8) is 0 Å². The summed E-state index contributed by atoms with van der Waals surface area (Å²) in [5.41, 5.74) is -1.47. The van der Waals surface area contributed by atoms with E-state index < -0.39 is 45.8 Å². The van der Waals surface area contributed by atoms with Crippen molar-refractivity contribution in [1.29, 1.82) is 0 Å². The minimum atomic E-state index is -1.55. The molecule has 109 valence electrons. The zero-order valence-corrected chi connectivity index (χ0v) is 11.1. The van der Waals surface area contributed by atoms with Gasteiger partial charge in [0.15, 0.2) is 23.2 Å². The molecule has 0 heterocycles. The van der Waals surface area contributed by atoms with E-state index >= 15 is 0 Å². The molecule has 1 nitrogen and oxygen atoms in total. The maximum atomic E-state index is 14.0. The van der Waals surface area contributed by atoms with E-state index in [0.29, 0.717) is 13.3 Å². The number of methoxy groups -OCH3 is 1. The summed E-state index contributed by atoms with van der Waals surface area (Å²) < 4.78 is 73.0. The van der Waals surface area contributed by atoms with Gasteiger partial charge in [-0.2, -0.15) is 0 Å². The average molecular weight is 299 g/mol. The minimum absolute atomic E-state index is 0.0897. The molecule has 1 radical (unpaired) electrons. The van der Waals surface area contributed by atoms with E-state index in [0.717, 1.165) is 13.2 Å². The van der Waals surface area contributed by atoms with Gasteiger partial charge in [-0.25, -0.2) is 22.0 Å². The Hall–Kier alpha value is -2.05. The van der Waals surface area contributed by atoms with E-state index in [-0.39, 0.29) is 5.56 Å². The number of hydrogen-bond donors (Lipinski definition) is 0.